The molecule has 5 nitrogen and oxygen atoms in total. The molecule has 0 bridgehead atoms. The molecular weight excluding hydrogens is 384 g/mol. The molecule has 0 saturated heterocycles. The molecule has 2 aromatic heterocycles. The van der Waals surface area contributed by atoms with Crippen molar-refractivity contribution in [1.29, 1.82) is 0 Å². The van der Waals surface area contributed by atoms with Gasteiger partial charge in [0.25, 0.3) is 0 Å². The van der Waals surface area contributed by atoms with Crippen LogP contribution in [0.5, 0.6) is 5.75 Å². The number of hydrogen-bond acceptors (Lipinski definition) is 5. The van der Waals surface area contributed by atoms with Gasteiger partial charge in [0.2, 0.25) is 0 Å². The summed E-state index contributed by atoms with van der Waals surface area (Å²) in [5.74, 6) is 0.0570. The third kappa shape index (κ3) is 5.41. The Hall–Kier alpha value is -2.73. The largest absolute Gasteiger partial charge is 0.494 e. The van der Waals surface area contributed by atoms with Gasteiger partial charge < -0.3 is 9.84 Å². The molecule has 0 aliphatic carbocycles. The zero-order chi connectivity index (χ0) is 20.7. The third-order valence-corrected chi connectivity index (χ3v) is 5.91. The number of carboxylic acids is 1. The van der Waals surface area contributed by atoms with Crippen molar-refractivity contribution in [3.63, 3.8) is 0 Å². The number of thiazole rings is 1. The Balaban J connectivity index is 1.54. The lowest BCUT2D eigenvalue weighted by atomic mass is 9.81. The summed E-state index contributed by atoms with van der Waals surface area (Å²) in [5, 5.41) is 12.4. The average molecular weight is 411 g/mol. The average Bonchev–Trinajstić information content (AvgIpc) is 3.23. The highest BCUT2D eigenvalue weighted by Crippen LogP contribution is 2.31. The number of pyridine rings is 1. The summed E-state index contributed by atoms with van der Waals surface area (Å²) in [4.78, 5) is 20.3. The van der Waals surface area contributed by atoms with Gasteiger partial charge in [-0.05, 0) is 62.6 Å². The molecule has 6 heteroatoms. The van der Waals surface area contributed by atoms with E-state index in [4.69, 9.17) is 9.72 Å². The van der Waals surface area contributed by atoms with Crippen LogP contribution in [0.3, 0.4) is 0 Å². The van der Waals surface area contributed by atoms with Crippen LogP contribution in [-0.2, 0) is 4.79 Å². The third-order valence-electron chi connectivity index (χ3n) is 5.02. The lowest BCUT2D eigenvalue weighted by Crippen LogP contribution is -2.27. The predicted octanol–water partition coefficient (Wildman–Crippen LogP) is 5.92. The predicted molar refractivity (Wildman–Crippen MR) is 116 cm³/mol. The Labute approximate surface area is 175 Å². The topological polar surface area (TPSA) is 72.3 Å². The Morgan fingerprint density at radius 1 is 1.17 bits per heavy atom. The fraction of sp³-hybridized carbons (Fsp3) is 0.348. The van der Waals surface area contributed by atoms with Crippen molar-refractivity contribution in [1.82, 2.24) is 9.97 Å². The van der Waals surface area contributed by atoms with Crippen LogP contribution >= 0.6 is 11.3 Å². The first kappa shape index (κ1) is 21.0. The first-order valence-corrected chi connectivity index (χ1v) is 10.7. The molecule has 3 rings (SSSR count). The lowest BCUT2D eigenvalue weighted by Gasteiger charge is -2.24. The molecule has 1 N–H and O–H groups in total. The van der Waals surface area contributed by atoms with Crippen LogP contribution in [0.1, 0.15) is 39.5 Å². The maximum absolute atomic E-state index is 11.5. The summed E-state index contributed by atoms with van der Waals surface area (Å²) >= 11 is 1.60. The molecule has 0 amide bonds. The Kier molecular flexibility index (Phi) is 6.99. The number of rotatable bonds is 10. The van der Waals surface area contributed by atoms with Gasteiger partial charge in [-0.2, -0.15) is 0 Å². The van der Waals surface area contributed by atoms with Gasteiger partial charge in [0, 0.05) is 28.9 Å². The van der Waals surface area contributed by atoms with Crippen molar-refractivity contribution in [3.8, 4) is 27.6 Å². The fourth-order valence-electron chi connectivity index (χ4n) is 3.29. The quantitative estimate of drug-likeness (QED) is 0.420. The molecule has 0 aliphatic rings. The molecule has 1 atom stereocenters. The van der Waals surface area contributed by atoms with Crippen LogP contribution in [0, 0.1) is 5.41 Å². The second-order valence-corrected chi connectivity index (χ2v) is 8.23. The smallest absolute Gasteiger partial charge is 0.309 e. The molecule has 152 valence electrons. The maximum Gasteiger partial charge on any atom is 0.309 e. The molecule has 3 aromatic rings. The summed E-state index contributed by atoms with van der Waals surface area (Å²) in [6.45, 7) is 4.34. The number of aromatic nitrogens is 2. The number of hydrogen-bond donors (Lipinski definition) is 1. The molecule has 29 heavy (non-hydrogen) atoms. The molecule has 0 aliphatic heterocycles. The summed E-state index contributed by atoms with van der Waals surface area (Å²) in [6.07, 6.45) is 6.45. The Morgan fingerprint density at radius 3 is 2.62 bits per heavy atom. The van der Waals surface area contributed by atoms with E-state index >= 15 is 0 Å². The first-order valence-electron chi connectivity index (χ1n) is 9.84. The van der Waals surface area contributed by atoms with Crippen LogP contribution in [0.15, 0.2) is 54.2 Å². The summed E-state index contributed by atoms with van der Waals surface area (Å²) < 4.78 is 5.81. The van der Waals surface area contributed by atoms with E-state index in [1.807, 2.05) is 61.8 Å². The molecule has 0 radical (unpaired) electrons. The van der Waals surface area contributed by atoms with E-state index in [1.54, 1.807) is 17.5 Å². The number of aliphatic carboxylic acids is 1. The normalized spacial score (nSPS) is 13.0. The minimum Gasteiger partial charge on any atom is -0.494 e. The highest BCUT2D eigenvalue weighted by molar-refractivity contribution is 7.13. The zero-order valence-electron chi connectivity index (χ0n) is 16.8. The second kappa shape index (κ2) is 9.65. The van der Waals surface area contributed by atoms with Crippen LogP contribution in [0.2, 0.25) is 0 Å². The zero-order valence-corrected chi connectivity index (χ0v) is 17.6. The van der Waals surface area contributed by atoms with E-state index in [2.05, 4.69) is 4.98 Å². The standard InChI is InChI=1S/C23H26N2O3S/c1-3-11-23(2,22(26)27)12-5-14-28-19-9-7-17(8-10-19)20-16-29-21(25-20)18-6-4-13-24-15-18/h4,6-10,13,15-16H,3,5,11-12,14H2,1-2H3,(H,26,27). The van der Waals surface area contributed by atoms with Crippen molar-refractivity contribution < 1.29 is 14.6 Å². The number of ether oxygens (including phenoxy) is 1. The van der Waals surface area contributed by atoms with Gasteiger partial charge in [-0.1, -0.05) is 13.3 Å². The van der Waals surface area contributed by atoms with Crippen molar-refractivity contribution in [2.45, 2.75) is 39.5 Å². The van der Waals surface area contributed by atoms with Crippen LogP contribution in [-0.4, -0.2) is 27.7 Å². The van der Waals surface area contributed by atoms with E-state index in [-0.39, 0.29) is 0 Å². The SMILES string of the molecule is CCCC(C)(CCCOc1ccc(-c2csc(-c3cccnc3)n2)cc1)C(=O)O. The van der Waals surface area contributed by atoms with Crippen LogP contribution < -0.4 is 4.74 Å². The van der Waals surface area contributed by atoms with E-state index < -0.39 is 11.4 Å². The highest BCUT2D eigenvalue weighted by Gasteiger charge is 2.31. The number of benzene rings is 1. The minimum absolute atomic E-state index is 0.508. The molecule has 0 fully saturated rings. The van der Waals surface area contributed by atoms with Crippen LogP contribution in [0.4, 0.5) is 0 Å². The van der Waals surface area contributed by atoms with Gasteiger partial charge in [0.15, 0.2) is 0 Å². The first-order chi connectivity index (χ1) is 14.0. The fourth-order valence-corrected chi connectivity index (χ4v) is 4.11. The van der Waals surface area contributed by atoms with Gasteiger partial charge in [0.05, 0.1) is 17.7 Å². The summed E-state index contributed by atoms with van der Waals surface area (Å²) in [6, 6.07) is 11.8. The summed E-state index contributed by atoms with van der Waals surface area (Å²) in [5.41, 5.74) is 2.31. The second-order valence-electron chi connectivity index (χ2n) is 7.37. The highest BCUT2D eigenvalue weighted by atomic mass is 32.1. The molecule has 1 aromatic carbocycles. The molecule has 2 heterocycles. The molecular formula is C23H26N2O3S. The lowest BCUT2D eigenvalue weighted by molar-refractivity contribution is -0.149. The molecule has 0 spiro atoms. The van der Waals surface area contributed by atoms with E-state index in [0.29, 0.717) is 25.9 Å². The Bertz CT molecular complexity index is 925. The van der Waals surface area contributed by atoms with E-state index in [1.165, 1.54) is 0 Å². The molecule has 1 unspecified atom stereocenters. The van der Waals surface area contributed by atoms with E-state index in [9.17, 15) is 9.90 Å². The van der Waals surface area contributed by atoms with Crippen molar-refractivity contribution in [2.24, 2.45) is 5.41 Å². The van der Waals surface area contributed by atoms with Gasteiger partial charge in [0.1, 0.15) is 10.8 Å². The summed E-state index contributed by atoms with van der Waals surface area (Å²) in [7, 11) is 0. The van der Waals surface area contributed by atoms with Gasteiger partial charge in [-0.25, -0.2) is 4.98 Å². The number of carboxylic acid groups (broad SMARTS) is 1. The van der Waals surface area contributed by atoms with Gasteiger partial charge in [-0.3, -0.25) is 9.78 Å². The monoisotopic (exact) mass is 410 g/mol. The Morgan fingerprint density at radius 2 is 1.97 bits per heavy atom. The van der Waals surface area contributed by atoms with Crippen molar-refractivity contribution >= 4 is 17.3 Å². The van der Waals surface area contributed by atoms with Crippen LogP contribution in [0.25, 0.3) is 21.8 Å². The van der Waals surface area contributed by atoms with Crippen molar-refractivity contribution in [3.05, 3.63) is 54.2 Å². The van der Waals surface area contributed by atoms with E-state index in [0.717, 1.165) is 34.0 Å². The maximum atomic E-state index is 11.5. The van der Waals surface area contributed by atoms with Gasteiger partial charge >= 0.3 is 5.97 Å². The molecule has 0 saturated carbocycles. The van der Waals surface area contributed by atoms with Crippen molar-refractivity contribution in [2.75, 3.05) is 6.61 Å². The number of nitrogens with zero attached hydrogens (tertiary/aromatic N) is 2. The minimum atomic E-state index is -0.724. The number of carbonyl (C=O) groups is 1. The van der Waals surface area contributed by atoms with Gasteiger partial charge in [-0.15, -0.1) is 11.3 Å².